The molecule has 0 aromatic heterocycles. The molecule has 1 spiro atoms. The van der Waals surface area contributed by atoms with E-state index in [-0.39, 0.29) is 5.72 Å². The molecule has 0 aromatic carbocycles. The summed E-state index contributed by atoms with van der Waals surface area (Å²) < 4.78 is 6.00. The van der Waals surface area contributed by atoms with Gasteiger partial charge in [0, 0.05) is 11.8 Å². The minimum absolute atomic E-state index is 0.000880. The van der Waals surface area contributed by atoms with Gasteiger partial charge in [-0.2, -0.15) is 11.8 Å². The maximum atomic E-state index is 6.00. The highest BCUT2D eigenvalue weighted by Gasteiger charge is 2.41. The zero-order chi connectivity index (χ0) is 10.9. The molecule has 15 heavy (non-hydrogen) atoms. The third-order valence-electron chi connectivity index (χ3n) is 3.47. The zero-order valence-corrected chi connectivity index (χ0v) is 11.0. The Morgan fingerprint density at radius 1 is 1.40 bits per heavy atom. The van der Waals surface area contributed by atoms with E-state index in [4.69, 9.17) is 4.74 Å². The Hall–Kier alpha value is 0.270. The lowest BCUT2D eigenvalue weighted by atomic mass is 9.83. The van der Waals surface area contributed by atoms with Crippen LogP contribution in [0.3, 0.4) is 0 Å². The molecule has 0 aliphatic carbocycles. The lowest BCUT2D eigenvalue weighted by Gasteiger charge is -2.48. The fourth-order valence-electron chi connectivity index (χ4n) is 2.45. The molecule has 3 heteroatoms. The minimum Gasteiger partial charge on any atom is -0.360 e. The Kier molecular flexibility index (Phi) is 3.34. The lowest BCUT2D eigenvalue weighted by Crippen LogP contribution is -2.62. The molecule has 2 atom stereocenters. The van der Waals surface area contributed by atoms with Crippen molar-refractivity contribution in [3.63, 3.8) is 0 Å². The molecule has 0 radical (unpaired) electrons. The predicted octanol–water partition coefficient (Wildman–Crippen LogP) is 2.63. The molecular formula is C12H23NOS. The van der Waals surface area contributed by atoms with Crippen LogP contribution in [-0.2, 0) is 4.74 Å². The number of hydrogen-bond acceptors (Lipinski definition) is 3. The summed E-state index contributed by atoms with van der Waals surface area (Å²) in [5.74, 6) is 2.42. The quantitative estimate of drug-likeness (QED) is 0.690. The van der Waals surface area contributed by atoms with Crippen molar-refractivity contribution >= 4 is 11.8 Å². The van der Waals surface area contributed by atoms with Gasteiger partial charge >= 0.3 is 0 Å². The van der Waals surface area contributed by atoms with E-state index in [9.17, 15) is 0 Å². The van der Waals surface area contributed by atoms with Crippen molar-refractivity contribution in [1.29, 1.82) is 0 Å². The van der Waals surface area contributed by atoms with Gasteiger partial charge in [-0.25, -0.2) is 0 Å². The van der Waals surface area contributed by atoms with Crippen LogP contribution in [0.5, 0.6) is 0 Å². The molecule has 2 rings (SSSR count). The van der Waals surface area contributed by atoms with Gasteiger partial charge in [-0.3, -0.25) is 5.32 Å². The zero-order valence-electron chi connectivity index (χ0n) is 10.1. The highest BCUT2D eigenvalue weighted by molar-refractivity contribution is 7.99. The van der Waals surface area contributed by atoms with E-state index in [2.05, 4.69) is 26.1 Å². The second kappa shape index (κ2) is 4.27. The van der Waals surface area contributed by atoms with Crippen LogP contribution in [0.4, 0.5) is 0 Å². The second-order valence-corrected chi connectivity index (χ2v) is 6.96. The molecule has 2 unspecified atom stereocenters. The number of thioether (sulfide) groups is 1. The van der Waals surface area contributed by atoms with Gasteiger partial charge in [0.05, 0.1) is 6.61 Å². The van der Waals surface area contributed by atoms with Crippen molar-refractivity contribution in [1.82, 2.24) is 5.32 Å². The van der Waals surface area contributed by atoms with Crippen LogP contribution in [-0.4, -0.2) is 29.9 Å². The van der Waals surface area contributed by atoms with Crippen LogP contribution >= 0.6 is 11.8 Å². The van der Waals surface area contributed by atoms with Crippen molar-refractivity contribution in [2.45, 2.75) is 51.8 Å². The van der Waals surface area contributed by atoms with Gasteiger partial charge in [-0.05, 0) is 30.4 Å². The van der Waals surface area contributed by atoms with Gasteiger partial charge in [0.1, 0.15) is 5.72 Å². The standard InChI is InChI=1S/C12H23NOS/c1-11(2,3)10-5-7-14-12(13-10)6-4-8-15-9-12/h10,13H,4-9H2,1-3H3. The number of nitrogens with one attached hydrogen (secondary N) is 1. The molecular weight excluding hydrogens is 206 g/mol. The van der Waals surface area contributed by atoms with Gasteiger partial charge in [-0.1, -0.05) is 20.8 Å². The lowest BCUT2D eigenvalue weighted by molar-refractivity contribution is -0.114. The molecule has 2 nitrogen and oxygen atoms in total. The molecule has 2 heterocycles. The van der Waals surface area contributed by atoms with E-state index < -0.39 is 0 Å². The Morgan fingerprint density at radius 3 is 2.80 bits per heavy atom. The fraction of sp³-hybridized carbons (Fsp3) is 1.00. The molecule has 0 amide bonds. The third-order valence-corrected chi connectivity index (χ3v) is 4.72. The first kappa shape index (κ1) is 11.7. The maximum absolute atomic E-state index is 6.00. The van der Waals surface area contributed by atoms with Crippen LogP contribution in [0.15, 0.2) is 0 Å². The summed E-state index contributed by atoms with van der Waals surface area (Å²) in [6.45, 7) is 7.88. The normalized spacial score (nSPS) is 38.2. The van der Waals surface area contributed by atoms with Crippen LogP contribution in [0.25, 0.3) is 0 Å². The number of ether oxygens (including phenoxy) is 1. The van der Waals surface area contributed by atoms with E-state index in [0.717, 1.165) is 18.8 Å². The summed E-state index contributed by atoms with van der Waals surface area (Å²) in [5.41, 5.74) is 0.345. The number of rotatable bonds is 0. The summed E-state index contributed by atoms with van der Waals surface area (Å²) in [4.78, 5) is 0. The largest absolute Gasteiger partial charge is 0.360 e. The van der Waals surface area contributed by atoms with E-state index in [1.807, 2.05) is 11.8 Å². The van der Waals surface area contributed by atoms with Crippen molar-refractivity contribution < 1.29 is 4.74 Å². The first-order valence-electron chi connectivity index (χ1n) is 6.01. The third kappa shape index (κ3) is 2.69. The average Bonchev–Trinajstić information content (AvgIpc) is 2.18. The Balaban J connectivity index is 2.02. The maximum Gasteiger partial charge on any atom is 0.128 e. The van der Waals surface area contributed by atoms with Gasteiger partial charge in [0.25, 0.3) is 0 Å². The van der Waals surface area contributed by atoms with Gasteiger partial charge < -0.3 is 4.74 Å². The summed E-state index contributed by atoms with van der Waals surface area (Å²) in [7, 11) is 0. The van der Waals surface area contributed by atoms with E-state index >= 15 is 0 Å². The van der Waals surface area contributed by atoms with Crippen molar-refractivity contribution in [2.75, 3.05) is 18.1 Å². The van der Waals surface area contributed by atoms with Crippen molar-refractivity contribution in [2.24, 2.45) is 5.41 Å². The van der Waals surface area contributed by atoms with E-state index in [1.54, 1.807) is 0 Å². The molecule has 2 fully saturated rings. The highest BCUT2D eigenvalue weighted by atomic mass is 32.2. The average molecular weight is 229 g/mol. The van der Waals surface area contributed by atoms with Crippen LogP contribution < -0.4 is 5.32 Å². The Labute approximate surface area is 97.5 Å². The molecule has 0 saturated carbocycles. The summed E-state index contributed by atoms with van der Waals surface area (Å²) in [6, 6.07) is 0.602. The summed E-state index contributed by atoms with van der Waals surface area (Å²) in [5, 5.41) is 3.77. The van der Waals surface area contributed by atoms with E-state index in [1.165, 1.54) is 18.6 Å². The predicted molar refractivity (Wildman–Crippen MR) is 66.2 cm³/mol. The van der Waals surface area contributed by atoms with Crippen LogP contribution in [0.2, 0.25) is 0 Å². The molecule has 2 aliphatic heterocycles. The van der Waals surface area contributed by atoms with E-state index in [0.29, 0.717) is 11.5 Å². The fourth-order valence-corrected chi connectivity index (χ4v) is 3.58. The summed E-state index contributed by atoms with van der Waals surface area (Å²) in [6.07, 6.45) is 3.62. The molecule has 88 valence electrons. The molecule has 2 saturated heterocycles. The first-order valence-corrected chi connectivity index (χ1v) is 7.17. The Morgan fingerprint density at radius 2 is 2.20 bits per heavy atom. The topological polar surface area (TPSA) is 21.3 Å². The highest BCUT2D eigenvalue weighted by Crippen LogP contribution is 2.35. The van der Waals surface area contributed by atoms with Crippen LogP contribution in [0.1, 0.15) is 40.0 Å². The van der Waals surface area contributed by atoms with Crippen LogP contribution in [0, 0.1) is 5.41 Å². The SMILES string of the molecule is CC(C)(C)C1CCOC2(CCCSC2)N1. The van der Waals surface area contributed by atoms with Gasteiger partial charge in [0.2, 0.25) is 0 Å². The molecule has 1 N–H and O–H groups in total. The first-order chi connectivity index (χ1) is 7.02. The van der Waals surface area contributed by atoms with Crippen molar-refractivity contribution in [3.05, 3.63) is 0 Å². The Bertz CT molecular complexity index is 213. The smallest absolute Gasteiger partial charge is 0.128 e. The van der Waals surface area contributed by atoms with Gasteiger partial charge in [-0.15, -0.1) is 0 Å². The molecule has 2 aliphatic rings. The van der Waals surface area contributed by atoms with Crippen molar-refractivity contribution in [3.8, 4) is 0 Å². The number of hydrogen-bond donors (Lipinski definition) is 1. The molecule has 0 bridgehead atoms. The van der Waals surface area contributed by atoms with Gasteiger partial charge in [0.15, 0.2) is 0 Å². The monoisotopic (exact) mass is 229 g/mol. The summed E-state index contributed by atoms with van der Waals surface area (Å²) >= 11 is 2.03. The second-order valence-electron chi connectivity index (χ2n) is 5.85. The minimum atomic E-state index is -0.000880. The molecule has 0 aromatic rings.